The molecule has 1 fully saturated rings. The number of hydrogen-bond acceptors (Lipinski definition) is 7. The van der Waals surface area contributed by atoms with Crippen LogP contribution in [0.4, 0.5) is 15.8 Å². The summed E-state index contributed by atoms with van der Waals surface area (Å²) in [7, 11) is 0. The molecule has 0 bridgehead atoms. The average Bonchev–Trinajstić information content (AvgIpc) is 3.27. The summed E-state index contributed by atoms with van der Waals surface area (Å²) in [5, 5.41) is 3.51. The van der Waals surface area contributed by atoms with Crippen molar-refractivity contribution in [3.63, 3.8) is 0 Å². The summed E-state index contributed by atoms with van der Waals surface area (Å²) in [6.45, 7) is 3.87. The predicted octanol–water partition coefficient (Wildman–Crippen LogP) is 3.86. The van der Waals surface area contributed by atoms with Crippen molar-refractivity contribution in [1.82, 2.24) is 10.5 Å². The Morgan fingerprint density at radius 1 is 1.41 bits per heavy atom. The van der Waals surface area contributed by atoms with Crippen LogP contribution in [0.25, 0.3) is 11.0 Å². The lowest BCUT2D eigenvalue weighted by atomic mass is 10.2. The van der Waals surface area contributed by atoms with Crippen LogP contribution in [0.2, 0.25) is 0 Å². The molecule has 1 aliphatic heterocycles. The molecule has 10 heteroatoms. The Balaban J connectivity index is 1.55. The number of hydroxylamine groups is 1. The van der Waals surface area contributed by atoms with Crippen molar-refractivity contribution in [2.75, 3.05) is 18.5 Å². The molecule has 29 heavy (non-hydrogen) atoms. The van der Waals surface area contributed by atoms with Gasteiger partial charge in [0.25, 0.3) is 5.95 Å². The van der Waals surface area contributed by atoms with Crippen LogP contribution in [0.15, 0.2) is 53.6 Å². The quantitative estimate of drug-likeness (QED) is 0.384. The van der Waals surface area contributed by atoms with Gasteiger partial charge in [0.2, 0.25) is 5.76 Å². The molecule has 0 aliphatic carbocycles. The number of rotatable bonds is 6. The lowest BCUT2D eigenvalue weighted by molar-refractivity contribution is -0.00931. The fraction of sp³-hybridized carbons (Fsp3) is 0.158. The van der Waals surface area contributed by atoms with Crippen LogP contribution in [-0.4, -0.2) is 30.2 Å². The normalized spacial score (nSPS) is 15.8. The number of hydrogen-bond donors (Lipinski definition) is 2. The molecule has 0 unspecified atom stereocenters. The predicted molar refractivity (Wildman–Crippen MR) is 110 cm³/mol. The minimum atomic E-state index is -0.646. The molecule has 0 saturated carbocycles. The van der Waals surface area contributed by atoms with Crippen molar-refractivity contribution < 1.29 is 27.9 Å². The highest BCUT2D eigenvalue weighted by atomic mass is 127. The summed E-state index contributed by atoms with van der Waals surface area (Å²) in [5.74, 6) is -0.964. The van der Waals surface area contributed by atoms with Gasteiger partial charge in [-0.25, -0.2) is 9.87 Å². The first-order chi connectivity index (χ1) is 14.0. The number of carbonyl (C=O) groups is 1. The van der Waals surface area contributed by atoms with Crippen molar-refractivity contribution in [2.24, 2.45) is 0 Å². The molecule has 150 valence electrons. The second kappa shape index (κ2) is 8.25. The van der Waals surface area contributed by atoms with Gasteiger partial charge in [0.1, 0.15) is 19.0 Å². The van der Waals surface area contributed by atoms with E-state index in [2.05, 4.69) is 22.4 Å². The number of anilines is 2. The summed E-state index contributed by atoms with van der Waals surface area (Å²) < 4.78 is 31.0. The van der Waals surface area contributed by atoms with E-state index in [0.717, 1.165) is 3.57 Å². The zero-order chi connectivity index (χ0) is 20.4. The second-order valence-electron chi connectivity index (χ2n) is 6.09. The second-order valence-corrected chi connectivity index (χ2v) is 7.34. The Hall–Kier alpha value is -2.86. The summed E-state index contributed by atoms with van der Waals surface area (Å²) in [5.41, 5.74) is 3.18. The maximum absolute atomic E-state index is 14.3. The van der Waals surface area contributed by atoms with Gasteiger partial charge in [0.15, 0.2) is 11.7 Å². The Morgan fingerprint density at radius 2 is 2.28 bits per heavy atom. The van der Waals surface area contributed by atoms with Gasteiger partial charge in [0.05, 0.1) is 17.6 Å². The van der Waals surface area contributed by atoms with Crippen LogP contribution in [0, 0.1) is 9.39 Å². The zero-order valence-corrected chi connectivity index (χ0v) is 17.1. The third-order valence-electron chi connectivity index (χ3n) is 4.05. The molecule has 3 aromatic rings. The smallest absolute Gasteiger partial charge is 0.312 e. The average molecular weight is 511 g/mol. The van der Waals surface area contributed by atoms with Crippen molar-refractivity contribution in [3.8, 4) is 0 Å². The summed E-state index contributed by atoms with van der Waals surface area (Å²) >= 11 is 2.02. The van der Waals surface area contributed by atoms with Crippen LogP contribution < -0.4 is 10.8 Å². The van der Waals surface area contributed by atoms with Gasteiger partial charge in [-0.2, -0.15) is 0 Å². The molecule has 1 saturated heterocycles. The lowest BCUT2D eigenvalue weighted by Gasteiger charge is -2.10. The van der Waals surface area contributed by atoms with Gasteiger partial charge in [-0.1, -0.05) is 0 Å². The minimum Gasteiger partial charge on any atom is -0.462 e. The van der Waals surface area contributed by atoms with Gasteiger partial charge >= 0.3 is 5.91 Å². The Bertz CT molecular complexity index is 1090. The summed E-state index contributed by atoms with van der Waals surface area (Å²) in [6, 6.07) is 6.38. The SMILES string of the molecule is C=C1OC[C@H](CONC(=O)c2oc3cnccc3c2Nc2ccc(I)cc2F)O1. The molecule has 4 rings (SSSR count). The van der Waals surface area contributed by atoms with E-state index in [1.807, 2.05) is 22.6 Å². The Labute approximate surface area is 178 Å². The monoisotopic (exact) mass is 511 g/mol. The molecule has 1 amide bonds. The molecule has 2 N–H and O–H groups in total. The van der Waals surface area contributed by atoms with Gasteiger partial charge in [0, 0.05) is 15.2 Å². The van der Waals surface area contributed by atoms with Crippen LogP contribution in [0.5, 0.6) is 0 Å². The highest BCUT2D eigenvalue weighted by molar-refractivity contribution is 14.1. The van der Waals surface area contributed by atoms with Crippen LogP contribution in [0.3, 0.4) is 0 Å². The van der Waals surface area contributed by atoms with Gasteiger partial charge in [-0.15, -0.1) is 0 Å². The number of pyridine rings is 1. The first kappa shape index (κ1) is 19.5. The zero-order valence-electron chi connectivity index (χ0n) is 14.9. The van der Waals surface area contributed by atoms with Crippen molar-refractivity contribution in [3.05, 3.63) is 64.3 Å². The topological polar surface area (TPSA) is 94.9 Å². The molecular formula is C19H15FIN3O5. The molecule has 8 nitrogen and oxygen atoms in total. The minimum absolute atomic E-state index is 0.0566. The van der Waals surface area contributed by atoms with Gasteiger partial charge in [-0.05, 0) is 53.4 Å². The van der Waals surface area contributed by atoms with Crippen molar-refractivity contribution >= 4 is 50.8 Å². The number of carbonyl (C=O) groups excluding carboxylic acids is 1. The number of ether oxygens (including phenoxy) is 2. The molecule has 2 aromatic heterocycles. The summed E-state index contributed by atoms with van der Waals surface area (Å²) in [4.78, 5) is 21.8. The number of benzene rings is 1. The van der Waals surface area contributed by atoms with E-state index in [0.29, 0.717) is 16.7 Å². The largest absolute Gasteiger partial charge is 0.462 e. The standard InChI is InChI=1S/C19H15FIN3O5/c1-10-26-8-12(28-10)9-27-24-19(25)18-17(13-4-5-22-7-16(13)29-18)23-15-3-2-11(21)6-14(15)20/h2-7,12,23H,1,8-9H2,(H,24,25)/t12-/m1/s1. The van der Waals surface area contributed by atoms with Gasteiger partial charge in [-0.3, -0.25) is 14.6 Å². The first-order valence-corrected chi connectivity index (χ1v) is 9.58. The number of nitrogens with one attached hydrogen (secondary N) is 2. The molecular weight excluding hydrogens is 496 g/mol. The molecule has 0 spiro atoms. The maximum atomic E-state index is 14.3. The lowest BCUT2D eigenvalue weighted by Crippen LogP contribution is -2.29. The van der Waals surface area contributed by atoms with E-state index in [1.54, 1.807) is 24.4 Å². The first-order valence-electron chi connectivity index (χ1n) is 8.50. The molecule has 1 aliphatic rings. The Morgan fingerprint density at radius 3 is 3.03 bits per heavy atom. The van der Waals surface area contributed by atoms with Crippen LogP contribution >= 0.6 is 22.6 Å². The van der Waals surface area contributed by atoms with E-state index in [9.17, 15) is 9.18 Å². The molecule has 1 atom stereocenters. The Kier molecular flexibility index (Phi) is 5.53. The number of furan rings is 1. The van der Waals surface area contributed by atoms with Crippen LogP contribution in [0.1, 0.15) is 10.6 Å². The number of aromatic nitrogens is 1. The fourth-order valence-corrected chi connectivity index (χ4v) is 3.18. The number of halogens is 2. The number of amides is 1. The number of fused-ring (bicyclic) bond motifs is 1. The molecule has 3 heterocycles. The fourth-order valence-electron chi connectivity index (χ4n) is 2.73. The third kappa shape index (κ3) is 4.27. The maximum Gasteiger partial charge on any atom is 0.312 e. The highest BCUT2D eigenvalue weighted by Gasteiger charge is 2.24. The van der Waals surface area contributed by atoms with E-state index >= 15 is 0 Å². The molecule has 1 aromatic carbocycles. The van der Waals surface area contributed by atoms with E-state index < -0.39 is 11.7 Å². The van der Waals surface area contributed by atoms with Gasteiger partial charge < -0.3 is 19.2 Å². The number of nitrogens with zero attached hydrogens (tertiary/aromatic N) is 1. The highest BCUT2D eigenvalue weighted by Crippen LogP contribution is 2.33. The van der Waals surface area contributed by atoms with Crippen molar-refractivity contribution in [2.45, 2.75) is 6.10 Å². The molecule has 0 radical (unpaired) electrons. The van der Waals surface area contributed by atoms with Crippen LogP contribution in [-0.2, 0) is 14.3 Å². The third-order valence-corrected chi connectivity index (χ3v) is 4.72. The van der Waals surface area contributed by atoms with E-state index in [1.165, 1.54) is 12.3 Å². The summed E-state index contributed by atoms with van der Waals surface area (Å²) in [6.07, 6.45) is 2.65. The van der Waals surface area contributed by atoms with E-state index in [-0.39, 0.29) is 36.7 Å². The van der Waals surface area contributed by atoms with Crippen molar-refractivity contribution in [1.29, 1.82) is 0 Å². The van der Waals surface area contributed by atoms with E-state index in [4.69, 9.17) is 18.7 Å².